The fourth-order valence-electron chi connectivity index (χ4n) is 1.73. The van der Waals surface area contributed by atoms with Crippen LogP contribution < -0.4 is 11.1 Å². The molecule has 0 aliphatic heterocycles. The number of guanidine groups is 1. The fourth-order valence-corrected chi connectivity index (χ4v) is 2.44. The lowest BCUT2D eigenvalue weighted by Crippen LogP contribution is -2.34. The molecule has 1 aliphatic carbocycles. The lowest BCUT2D eigenvalue weighted by Gasteiger charge is -2.23. The van der Waals surface area contributed by atoms with E-state index in [2.05, 4.69) is 27.8 Å². The van der Waals surface area contributed by atoms with E-state index in [1.807, 2.05) is 0 Å². The third-order valence-corrected chi connectivity index (χ3v) is 3.94. The molecule has 1 fully saturated rings. The van der Waals surface area contributed by atoms with Crippen LogP contribution in [0, 0.1) is 5.92 Å². The van der Waals surface area contributed by atoms with Gasteiger partial charge in [-0.05, 0) is 36.6 Å². The second-order valence-corrected chi connectivity index (χ2v) is 5.31. The summed E-state index contributed by atoms with van der Waals surface area (Å²) in [5.74, 6) is 1.39. The maximum Gasteiger partial charge on any atom is 0.188 e. The minimum Gasteiger partial charge on any atom is -0.370 e. The monoisotopic (exact) mass is 237 g/mol. The minimum atomic E-state index is 0.600. The normalized spacial score (nSPS) is 17.1. The van der Waals surface area contributed by atoms with E-state index in [4.69, 9.17) is 5.73 Å². The van der Waals surface area contributed by atoms with E-state index < -0.39 is 0 Å². The Bertz CT molecular complexity index is 328. The lowest BCUT2D eigenvalue weighted by atomic mass is 9.86. The van der Waals surface area contributed by atoms with Crippen molar-refractivity contribution < 1.29 is 0 Å². The van der Waals surface area contributed by atoms with Gasteiger partial charge in [0.05, 0.1) is 0 Å². The molecule has 0 saturated heterocycles. The maximum atomic E-state index is 5.78. The third kappa shape index (κ3) is 3.52. The second kappa shape index (κ2) is 5.89. The Labute approximate surface area is 101 Å². The standard InChI is InChI=1S/C12H19N3S/c13-12(15-9-10-3-1-4-10)14-7-6-11-5-2-8-16-11/h2,5,8,10H,1,3-4,6-7,9H2,(H3,13,14,15). The summed E-state index contributed by atoms with van der Waals surface area (Å²) in [4.78, 5) is 5.74. The number of rotatable bonds is 5. The Morgan fingerprint density at radius 3 is 3.06 bits per heavy atom. The van der Waals surface area contributed by atoms with Crippen LogP contribution in [0.3, 0.4) is 0 Å². The number of hydrogen-bond donors (Lipinski definition) is 2. The molecule has 16 heavy (non-hydrogen) atoms. The van der Waals surface area contributed by atoms with Gasteiger partial charge >= 0.3 is 0 Å². The highest BCUT2D eigenvalue weighted by molar-refractivity contribution is 7.09. The first kappa shape index (κ1) is 11.5. The van der Waals surface area contributed by atoms with E-state index in [9.17, 15) is 0 Å². The molecule has 0 unspecified atom stereocenters. The van der Waals surface area contributed by atoms with Gasteiger partial charge in [0.15, 0.2) is 5.96 Å². The van der Waals surface area contributed by atoms with Crippen molar-refractivity contribution in [2.75, 3.05) is 13.1 Å². The Morgan fingerprint density at radius 2 is 2.44 bits per heavy atom. The first-order chi connectivity index (χ1) is 7.84. The van der Waals surface area contributed by atoms with Crippen LogP contribution in [0.4, 0.5) is 0 Å². The van der Waals surface area contributed by atoms with Gasteiger partial charge in [-0.15, -0.1) is 11.3 Å². The van der Waals surface area contributed by atoms with Gasteiger partial charge in [-0.25, -0.2) is 0 Å². The van der Waals surface area contributed by atoms with Crippen molar-refractivity contribution in [1.82, 2.24) is 5.32 Å². The third-order valence-electron chi connectivity index (χ3n) is 3.00. The molecular formula is C12H19N3S. The Balaban J connectivity index is 1.61. The molecule has 0 amide bonds. The van der Waals surface area contributed by atoms with Crippen LogP contribution in [0.2, 0.25) is 0 Å². The highest BCUT2D eigenvalue weighted by Crippen LogP contribution is 2.26. The predicted octanol–water partition coefficient (Wildman–Crippen LogP) is 1.99. The van der Waals surface area contributed by atoms with Crippen molar-refractivity contribution in [3.05, 3.63) is 22.4 Å². The summed E-state index contributed by atoms with van der Waals surface area (Å²) in [7, 11) is 0. The van der Waals surface area contributed by atoms with Crippen molar-refractivity contribution in [1.29, 1.82) is 0 Å². The molecular weight excluding hydrogens is 218 g/mol. The van der Waals surface area contributed by atoms with Gasteiger partial charge in [0, 0.05) is 18.0 Å². The highest BCUT2D eigenvalue weighted by Gasteiger charge is 2.16. The zero-order chi connectivity index (χ0) is 11.2. The first-order valence-corrected chi connectivity index (χ1v) is 6.79. The second-order valence-electron chi connectivity index (χ2n) is 4.28. The molecule has 0 bridgehead atoms. The van der Waals surface area contributed by atoms with Gasteiger partial charge in [0.2, 0.25) is 0 Å². The SMILES string of the molecule is NC(=NCC1CCC1)NCCc1cccs1. The molecule has 1 aromatic heterocycles. The topological polar surface area (TPSA) is 50.4 Å². The zero-order valence-electron chi connectivity index (χ0n) is 9.48. The number of nitrogens with one attached hydrogen (secondary N) is 1. The summed E-state index contributed by atoms with van der Waals surface area (Å²) >= 11 is 1.78. The Morgan fingerprint density at radius 1 is 1.56 bits per heavy atom. The molecule has 1 heterocycles. The van der Waals surface area contributed by atoms with E-state index in [0.29, 0.717) is 5.96 Å². The van der Waals surface area contributed by atoms with Crippen molar-refractivity contribution in [2.45, 2.75) is 25.7 Å². The predicted molar refractivity (Wildman–Crippen MR) is 69.9 cm³/mol. The molecule has 0 atom stereocenters. The molecule has 88 valence electrons. The summed E-state index contributed by atoms with van der Waals surface area (Å²) in [6.07, 6.45) is 5.04. The molecule has 0 aromatic carbocycles. The zero-order valence-corrected chi connectivity index (χ0v) is 10.3. The van der Waals surface area contributed by atoms with Crippen molar-refractivity contribution in [3.8, 4) is 0 Å². The van der Waals surface area contributed by atoms with Crippen LogP contribution >= 0.6 is 11.3 Å². The number of nitrogens with zero attached hydrogens (tertiary/aromatic N) is 1. The molecule has 3 nitrogen and oxygen atoms in total. The summed E-state index contributed by atoms with van der Waals surface area (Å²) < 4.78 is 0. The average Bonchev–Trinajstić information content (AvgIpc) is 2.68. The van der Waals surface area contributed by atoms with Crippen LogP contribution in [0.5, 0.6) is 0 Å². The summed E-state index contributed by atoms with van der Waals surface area (Å²) in [6.45, 7) is 1.78. The maximum absolute atomic E-state index is 5.78. The number of aliphatic imine (C=N–C) groups is 1. The first-order valence-electron chi connectivity index (χ1n) is 5.91. The van der Waals surface area contributed by atoms with Gasteiger partial charge < -0.3 is 11.1 Å². The van der Waals surface area contributed by atoms with Gasteiger partial charge in [0.1, 0.15) is 0 Å². The van der Waals surface area contributed by atoms with Crippen LogP contribution in [0.1, 0.15) is 24.1 Å². The molecule has 2 rings (SSSR count). The molecule has 0 radical (unpaired) electrons. The molecule has 1 saturated carbocycles. The largest absolute Gasteiger partial charge is 0.370 e. The number of nitrogens with two attached hydrogens (primary N) is 1. The van der Waals surface area contributed by atoms with E-state index in [1.54, 1.807) is 11.3 Å². The molecule has 1 aromatic rings. The van der Waals surface area contributed by atoms with Crippen LogP contribution in [0.15, 0.2) is 22.5 Å². The minimum absolute atomic E-state index is 0.600. The lowest BCUT2D eigenvalue weighted by molar-refractivity contribution is 0.326. The summed E-state index contributed by atoms with van der Waals surface area (Å²) in [5.41, 5.74) is 5.78. The van der Waals surface area contributed by atoms with Gasteiger partial charge in [-0.2, -0.15) is 0 Å². The van der Waals surface area contributed by atoms with Gasteiger partial charge in [-0.1, -0.05) is 12.5 Å². The van der Waals surface area contributed by atoms with Gasteiger partial charge in [0.25, 0.3) is 0 Å². The van der Waals surface area contributed by atoms with E-state index in [1.165, 1.54) is 24.1 Å². The number of hydrogen-bond acceptors (Lipinski definition) is 2. The molecule has 1 aliphatic rings. The van der Waals surface area contributed by atoms with E-state index in [-0.39, 0.29) is 0 Å². The Hall–Kier alpha value is -1.03. The van der Waals surface area contributed by atoms with Crippen LogP contribution in [0.25, 0.3) is 0 Å². The van der Waals surface area contributed by atoms with Crippen LogP contribution in [-0.4, -0.2) is 19.0 Å². The molecule has 4 heteroatoms. The quantitative estimate of drug-likeness (QED) is 0.608. The molecule has 0 spiro atoms. The highest BCUT2D eigenvalue weighted by atomic mass is 32.1. The average molecular weight is 237 g/mol. The van der Waals surface area contributed by atoms with Crippen LogP contribution in [-0.2, 0) is 6.42 Å². The van der Waals surface area contributed by atoms with E-state index >= 15 is 0 Å². The number of thiophene rings is 1. The van der Waals surface area contributed by atoms with E-state index in [0.717, 1.165) is 25.4 Å². The van der Waals surface area contributed by atoms with Gasteiger partial charge in [-0.3, -0.25) is 4.99 Å². The fraction of sp³-hybridized carbons (Fsp3) is 0.583. The van der Waals surface area contributed by atoms with Crippen molar-refractivity contribution in [3.63, 3.8) is 0 Å². The summed E-state index contributed by atoms with van der Waals surface area (Å²) in [6, 6.07) is 4.22. The van der Waals surface area contributed by atoms with Crippen molar-refractivity contribution in [2.24, 2.45) is 16.6 Å². The Kier molecular flexibility index (Phi) is 4.22. The molecule has 3 N–H and O–H groups in total. The summed E-state index contributed by atoms with van der Waals surface area (Å²) in [5, 5.41) is 5.26. The van der Waals surface area contributed by atoms with Crippen molar-refractivity contribution >= 4 is 17.3 Å². The smallest absolute Gasteiger partial charge is 0.188 e.